The molecule has 8 heteroatoms. The Morgan fingerprint density at radius 1 is 1.28 bits per heavy atom. The van der Waals surface area contributed by atoms with Crippen molar-refractivity contribution in [3.8, 4) is 0 Å². The van der Waals surface area contributed by atoms with Gasteiger partial charge in [-0.05, 0) is 62.1 Å². The van der Waals surface area contributed by atoms with E-state index < -0.39 is 23.3 Å². The summed E-state index contributed by atoms with van der Waals surface area (Å²) in [7, 11) is 1.49. The van der Waals surface area contributed by atoms with Crippen LogP contribution in [-0.4, -0.2) is 23.6 Å². The van der Waals surface area contributed by atoms with Crippen LogP contribution in [0.3, 0.4) is 0 Å². The van der Waals surface area contributed by atoms with E-state index in [1.807, 2.05) is 0 Å². The van der Waals surface area contributed by atoms with Gasteiger partial charge in [0.15, 0.2) is 0 Å². The molecule has 3 aliphatic carbocycles. The van der Waals surface area contributed by atoms with Crippen LogP contribution in [0.25, 0.3) is 5.57 Å². The van der Waals surface area contributed by atoms with E-state index in [0.717, 1.165) is 37.0 Å². The zero-order chi connectivity index (χ0) is 20.3. The number of nitrogens with one attached hydrogen (secondary N) is 2. The monoisotopic (exact) mass is 417 g/mol. The number of H-pyrrole nitrogens is 2. The number of allylic oxidation sites excluding steroid dienone is 1. The van der Waals surface area contributed by atoms with Gasteiger partial charge < -0.3 is 15.5 Å². The molecule has 0 amide bonds. The molecular weight excluding hydrogens is 393 g/mol. The van der Waals surface area contributed by atoms with Crippen LogP contribution in [0.1, 0.15) is 57.9 Å². The van der Waals surface area contributed by atoms with E-state index in [4.69, 9.17) is 10.5 Å². The first-order valence-corrected chi connectivity index (χ1v) is 10.9. The number of halogens is 1. The molecule has 154 valence electrons. The molecule has 0 bridgehead atoms. The summed E-state index contributed by atoms with van der Waals surface area (Å²) in [6, 6.07) is 2.08. The van der Waals surface area contributed by atoms with Crippen molar-refractivity contribution in [2.24, 2.45) is 17.6 Å². The Morgan fingerprint density at radius 3 is 2.76 bits per heavy atom. The third-order valence-corrected chi connectivity index (χ3v) is 7.76. The molecule has 0 saturated heterocycles. The molecule has 2 aromatic heterocycles. The lowest BCUT2D eigenvalue weighted by Crippen LogP contribution is -2.34. The molecule has 1 fully saturated rings. The SMILES string of the molecule is COC1c2[nH]c(=O)[nH]c(=O)c2C(C2CC2)=C(F)C1c1cc2c(s1)CCC(CN)C2. The third-order valence-electron chi connectivity index (χ3n) is 6.44. The average Bonchev–Trinajstić information content (AvgIpc) is 3.45. The van der Waals surface area contributed by atoms with Gasteiger partial charge in [-0.3, -0.25) is 9.78 Å². The standard InChI is InChI=1S/C21H24FN3O3S/c1-28-19-15(13-7-11-6-9(8-23)2-5-12(11)29-13)17(22)14(10-3-4-10)16-18(19)24-21(27)25-20(16)26/h7,9-10,15,19H,2-6,8,23H2,1H3,(H2,24,25,26,27). The highest BCUT2D eigenvalue weighted by atomic mass is 32.1. The first-order valence-electron chi connectivity index (χ1n) is 10.1. The van der Waals surface area contributed by atoms with E-state index in [-0.39, 0.29) is 17.3 Å². The number of thiophene rings is 1. The van der Waals surface area contributed by atoms with Crippen molar-refractivity contribution in [1.29, 1.82) is 0 Å². The van der Waals surface area contributed by atoms with Crippen molar-refractivity contribution in [1.82, 2.24) is 9.97 Å². The Balaban J connectivity index is 1.67. The molecule has 3 atom stereocenters. The molecule has 2 aromatic rings. The van der Waals surface area contributed by atoms with Gasteiger partial charge in [0.2, 0.25) is 0 Å². The van der Waals surface area contributed by atoms with Crippen LogP contribution < -0.4 is 17.0 Å². The van der Waals surface area contributed by atoms with Gasteiger partial charge in [0.25, 0.3) is 5.56 Å². The number of methoxy groups -OCH3 is 1. The number of nitrogens with two attached hydrogens (primary N) is 1. The lowest BCUT2D eigenvalue weighted by atomic mass is 9.81. The minimum atomic E-state index is -0.743. The summed E-state index contributed by atoms with van der Waals surface area (Å²) >= 11 is 1.62. The van der Waals surface area contributed by atoms with Crippen LogP contribution in [0, 0.1) is 11.8 Å². The second-order valence-corrected chi connectivity index (χ2v) is 9.48. The van der Waals surface area contributed by atoms with Crippen LogP contribution >= 0.6 is 11.3 Å². The first-order chi connectivity index (χ1) is 14.0. The van der Waals surface area contributed by atoms with Gasteiger partial charge in [-0.1, -0.05) is 0 Å². The molecular formula is C21H24FN3O3S. The maximum absolute atomic E-state index is 15.9. The minimum Gasteiger partial charge on any atom is -0.374 e. The van der Waals surface area contributed by atoms with E-state index in [1.54, 1.807) is 11.3 Å². The number of aromatic amines is 2. The predicted octanol–water partition coefficient (Wildman–Crippen LogP) is 2.76. The summed E-state index contributed by atoms with van der Waals surface area (Å²) in [5.41, 5.74) is 7.05. The van der Waals surface area contributed by atoms with Crippen molar-refractivity contribution in [2.75, 3.05) is 13.7 Å². The highest BCUT2D eigenvalue weighted by Gasteiger charge is 2.45. The third kappa shape index (κ3) is 3.05. The van der Waals surface area contributed by atoms with E-state index >= 15 is 4.39 Å². The zero-order valence-electron chi connectivity index (χ0n) is 16.2. The van der Waals surface area contributed by atoms with Crippen LogP contribution in [0.4, 0.5) is 4.39 Å². The smallest absolute Gasteiger partial charge is 0.326 e. The topological polar surface area (TPSA) is 101 Å². The molecule has 1 saturated carbocycles. The molecule has 0 aromatic carbocycles. The quantitative estimate of drug-likeness (QED) is 0.712. The van der Waals surface area contributed by atoms with Crippen molar-refractivity contribution in [2.45, 2.75) is 44.1 Å². The van der Waals surface area contributed by atoms with Crippen molar-refractivity contribution in [3.63, 3.8) is 0 Å². The van der Waals surface area contributed by atoms with Crippen molar-refractivity contribution in [3.05, 3.63) is 59.3 Å². The largest absolute Gasteiger partial charge is 0.374 e. The second-order valence-electron chi connectivity index (χ2n) is 8.31. The molecule has 5 rings (SSSR count). The van der Waals surface area contributed by atoms with Crippen LogP contribution in [0.5, 0.6) is 0 Å². The fraction of sp³-hybridized carbons (Fsp3) is 0.524. The molecule has 3 unspecified atom stereocenters. The number of rotatable bonds is 4. The normalized spacial score (nSPS) is 26.4. The van der Waals surface area contributed by atoms with E-state index in [2.05, 4.69) is 16.0 Å². The first kappa shape index (κ1) is 19.0. The summed E-state index contributed by atoms with van der Waals surface area (Å²) in [6.07, 6.45) is 3.89. The fourth-order valence-electron chi connectivity index (χ4n) is 4.85. The summed E-state index contributed by atoms with van der Waals surface area (Å²) in [5, 5.41) is 0. The minimum absolute atomic E-state index is 0.0252. The van der Waals surface area contributed by atoms with Gasteiger partial charge in [0, 0.05) is 22.4 Å². The zero-order valence-corrected chi connectivity index (χ0v) is 17.0. The van der Waals surface area contributed by atoms with Gasteiger partial charge in [0.05, 0.1) is 17.2 Å². The Labute approximate surface area is 171 Å². The summed E-state index contributed by atoms with van der Waals surface area (Å²) in [5.74, 6) is -0.448. The van der Waals surface area contributed by atoms with E-state index in [1.165, 1.54) is 17.6 Å². The summed E-state index contributed by atoms with van der Waals surface area (Å²) in [4.78, 5) is 31.7. The van der Waals surface area contributed by atoms with Gasteiger partial charge in [-0.2, -0.15) is 0 Å². The number of aromatic nitrogens is 2. The van der Waals surface area contributed by atoms with Crippen molar-refractivity contribution >= 4 is 16.9 Å². The molecule has 29 heavy (non-hydrogen) atoms. The Morgan fingerprint density at radius 2 is 2.07 bits per heavy atom. The van der Waals surface area contributed by atoms with Crippen LogP contribution in [-0.2, 0) is 17.6 Å². The molecule has 6 nitrogen and oxygen atoms in total. The second kappa shape index (κ2) is 7.04. The van der Waals surface area contributed by atoms with Crippen molar-refractivity contribution < 1.29 is 9.13 Å². The molecule has 0 spiro atoms. The fourth-order valence-corrected chi connectivity index (χ4v) is 6.18. The highest BCUT2D eigenvalue weighted by Crippen LogP contribution is 2.55. The Kier molecular flexibility index (Phi) is 4.60. The molecule has 4 N–H and O–H groups in total. The van der Waals surface area contributed by atoms with Gasteiger partial charge in [-0.25, -0.2) is 9.18 Å². The van der Waals surface area contributed by atoms with Gasteiger partial charge >= 0.3 is 5.69 Å². The number of hydrogen-bond donors (Lipinski definition) is 3. The summed E-state index contributed by atoms with van der Waals surface area (Å²) < 4.78 is 21.6. The predicted molar refractivity (Wildman–Crippen MR) is 110 cm³/mol. The van der Waals surface area contributed by atoms with Crippen LogP contribution in [0.2, 0.25) is 0 Å². The number of aryl methyl sites for hydroxylation is 1. The van der Waals surface area contributed by atoms with E-state index in [0.29, 0.717) is 23.7 Å². The lowest BCUT2D eigenvalue weighted by Gasteiger charge is -2.31. The van der Waals surface area contributed by atoms with Crippen LogP contribution in [0.15, 0.2) is 21.5 Å². The molecule has 0 radical (unpaired) electrons. The maximum Gasteiger partial charge on any atom is 0.326 e. The Hall–Kier alpha value is -2.03. The maximum atomic E-state index is 15.9. The molecule has 2 heterocycles. The highest BCUT2D eigenvalue weighted by molar-refractivity contribution is 7.12. The summed E-state index contributed by atoms with van der Waals surface area (Å²) in [6.45, 7) is 0.659. The van der Waals surface area contributed by atoms with E-state index in [9.17, 15) is 9.59 Å². The Bertz CT molecular complexity index is 1110. The molecule has 0 aliphatic heterocycles. The molecule has 3 aliphatic rings. The number of hydrogen-bond acceptors (Lipinski definition) is 5. The number of ether oxygens (including phenoxy) is 1. The van der Waals surface area contributed by atoms with Gasteiger partial charge in [0.1, 0.15) is 11.9 Å². The average molecular weight is 418 g/mol. The number of fused-ring (bicyclic) bond motifs is 2. The van der Waals surface area contributed by atoms with Gasteiger partial charge in [-0.15, -0.1) is 11.3 Å². The lowest BCUT2D eigenvalue weighted by molar-refractivity contribution is 0.0768.